The number of halogens is 1. The van der Waals surface area contributed by atoms with Crippen molar-refractivity contribution in [2.24, 2.45) is 0 Å². The van der Waals surface area contributed by atoms with E-state index in [2.05, 4.69) is 9.97 Å². The molecular weight excluding hydrogens is 177 g/mol. The van der Waals surface area contributed by atoms with Gasteiger partial charge in [0.25, 0.3) is 0 Å². The van der Waals surface area contributed by atoms with Crippen molar-refractivity contribution in [2.45, 2.75) is 0 Å². The van der Waals surface area contributed by atoms with Gasteiger partial charge in [-0.2, -0.15) is 4.39 Å². The van der Waals surface area contributed by atoms with Crippen LogP contribution in [-0.4, -0.2) is 14.9 Å². The lowest BCUT2D eigenvalue weighted by molar-refractivity contribution is -0.387. The Morgan fingerprint density at radius 2 is 2.31 bits per heavy atom. The fourth-order valence-corrected chi connectivity index (χ4v) is 1.10. The molecule has 2 rings (SSSR count). The molecule has 0 aliphatic carbocycles. The number of H-pyrrole nitrogens is 1. The molecule has 2 aromatic rings. The van der Waals surface area contributed by atoms with Gasteiger partial charge in [0.1, 0.15) is 5.52 Å². The predicted octanol–water partition coefficient (Wildman–Crippen LogP) is 1.61. The molecule has 0 aliphatic rings. The van der Waals surface area contributed by atoms with Gasteiger partial charge in [0.05, 0.1) is 16.8 Å². The van der Waals surface area contributed by atoms with Crippen LogP contribution >= 0.6 is 0 Å². The van der Waals surface area contributed by atoms with Gasteiger partial charge in [0, 0.05) is 6.07 Å². The zero-order valence-corrected chi connectivity index (χ0v) is 6.32. The van der Waals surface area contributed by atoms with Crippen LogP contribution in [0, 0.1) is 15.9 Å². The highest BCUT2D eigenvalue weighted by Gasteiger charge is 2.17. The molecule has 5 nitrogen and oxygen atoms in total. The summed E-state index contributed by atoms with van der Waals surface area (Å²) in [6.07, 6.45) is 1.29. The van der Waals surface area contributed by atoms with Gasteiger partial charge >= 0.3 is 5.69 Å². The summed E-state index contributed by atoms with van der Waals surface area (Å²) < 4.78 is 13.2. The summed E-state index contributed by atoms with van der Waals surface area (Å²) in [5, 5.41) is 10.3. The molecule has 0 saturated heterocycles. The Labute approximate surface area is 71.4 Å². The van der Waals surface area contributed by atoms with E-state index in [0.29, 0.717) is 5.52 Å². The van der Waals surface area contributed by atoms with E-state index in [-0.39, 0.29) is 5.52 Å². The third kappa shape index (κ3) is 1.03. The molecule has 1 aromatic heterocycles. The average Bonchev–Trinajstić information content (AvgIpc) is 2.52. The summed E-state index contributed by atoms with van der Waals surface area (Å²) in [7, 11) is 0. The van der Waals surface area contributed by atoms with Crippen molar-refractivity contribution in [3.63, 3.8) is 0 Å². The highest BCUT2D eigenvalue weighted by molar-refractivity contribution is 5.78. The zero-order chi connectivity index (χ0) is 9.42. The van der Waals surface area contributed by atoms with Crippen molar-refractivity contribution in [1.29, 1.82) is 0 Å². The number of nitrogens with one attached hydrogen (secondary N) is 1. The van der Waals surface area contributed by atoms with E-state index in [1.807, 2.05) is 0 Å². The van der Waals surface area contributed by atoms with Crippen LogP contribution < -0.4 is 0 Å². The van der Waals surface area contributed by atoms with Crippen LogP contribution in [0.4, 0.5) is 10.1 Å². The number of fused-ring (bicyclic) bond motifs is 1. The largest absolute Gasteiger partial charge is 0.344 e. The first kappa shape index (κ1) is 7.66. The number of aromatic amines is 1. The lowest BCUT2D eigenvalue weighted by atomic mass is 10.2. The van der Waals surface area contributed by atoms with Crippen LogP contribution in [0.3, 0.4) is 0 Å². The first-order valence-corrected chi connectivity index (χ1v) is 3.46. The van der Waals surface area contributed by atoms with Crippen molar-refractivity contribution in [2.75, 3.05) is 0 Å². The number of rotatable bonds is 1. The molecule has 0 bridgehead atoms. The highest BCUT2D eigenvalue weighted by atomic mass is 19.1. The highest BCUT2D eigenvalue weighted by Crippen LogP contribution is 2.23. The number of aromatic nitrogens is 2. The average molecular weight is 181 g/mol. The summed E-state index contributed by atoms with van der Waals surface area (Å²) >= 11 is 0. The van der Waals surface area contributed by atoms with E-state index in [0.717, 1.165) is 6.07 Å². The Morgan fingerprint density at radius 3 is 3.00 bits per heavy atom. The SMILES string of the molecule is O=[N+]([O-])c1ccc2[nH]cnc2c1F. The monoisotopic (exact) mass is 181 g/mol. The van der Waals surface area contributed by atoms with Crippen LogP contribution in [0.2, 0.25) is 0 Å². The molecule has 0 spiro atoms. The summed E-state index contributed by atoms with van der Waals surface area (Å²) in [5.41, 5.74) is -0.114. The Bertz CT molecular complexity index is 480. The normalized spacial score (nSPS) is 10.5. The molecule has 0 saturated carbocycles. The molecule has 1 heterocycles. The molecular formula is C7H4FN3O2. The molecule has 0 fully saturated rings. The van der Waals surface area contributed by atoms with Crippen LogP contribution in [0.15, 0.2) is 18.5 Å². The number of nitrogens with zero attached hydrogens (tertiary/aromatic N) is 2. The van der Waals surface area contributed by atoms with Crippen molar-refractivity contribution in [1.82, 2.24) is 9.97 Å². The third-order valence-corrected chi connectivity index (χ3v) is 1.71. The number of hydrogen-bond acceptors (Lipinski definition) is 3. The van der Waals surface area contributed by atoms with E-state index in [1.165, 1.54) is 12.4 Å². The minimum Gasteiger partial charge on any atom is -0.344 e. The van der Waals surface area contributed by atoms with Gasteiger partial charge in [-0.3, -0.25) is 10.1 Å². The molecule has 6 heteroatoms. The topological polar surface area (TPSA) is 71.8 Å². The smallest absolute Gasteiger partial charge is 0.307 e. The van der Waals surface area contributed by atoms with Crippen molar-refractivity contribution >= 4 is 16.7 Å². The van der Waals surface area contributed by atoms with Crippen LogP contribution in [0.1, 0.15) is 0 Å². The van der Waals surface area contributed by atoms with Crippen LogP contribution in [-0.2, 0) is 0 Å². The molecule has 0 amide bonds. The van der Waals surface area contributed by atoms with Gasteiger partial charge in [-0.25, -0.2) is 4.98 Å². The summed E-state index contributed by atoms with van der Waals surface area (Å²) in [5.74, 6) is -0.899. The van der Waals surface area contributed by atoms with E-state index in [1.54, 1.807) is 0 Å². The van der Waals surface area contributed by atoms with Crippen LogP contribution in [0.5, 0.6) is 0 Å². The van der Waals surface area contributed by atoms with Gasteiger partial charge in [-0.1, -0.05) is 0 Å². The van der Waals surface area contributed by atoms with Crippen LogP contribution in [0.25, 0.3) is 11.0 Å². The third-order valence-electron chi connectivity index (χ3n) is 1.71. The quantitative estimate of drug-likeness (QED) is 0.536. The summed E-state index contributed by atoms with van der Waals surface area (Å²) in [4.78, 5) is 15.8. The van der Waals surface area contributed by atoms with E-state index < -0.39 is 16.4 Å². The molecule has 13 heavy (non-hydrogen) atoms. The maximum absolute atomic E-state index is 13.2. The molecule has 0 radical (unpaired) electrons. The van der Waals surface area contributed by atoms with Gasteiger partial charge in [0.15, 0.2) is 0 Å². The minimum absolute atomic E-state index is 0.00537. The number of hydrogen-bond donors (Lipinski definition) is 1. The van der Waals surface area contributed by atoms with Crippen molar-refractivity contribution in [3.8, 4) is 0 Å². The number of nitro benzene ring substituents is 1. The molecule has 0 atom stereocenters. The first-order chi connectivity index (χ1) is 6.20. The molecule has 66 valence electrons. The van der Waals surface area contributed by atoms with Crippen molar-refractivity contribution < 1.29 is 9.31 Å². The summed E-state index contributed by atoms with van der Waals surface area (Å²) in [6, 6.07) is 2.53. The molecule has 1 N–H and O–H groups in total. The maximum Gasteiger partial charge on any atom is 0.307 e. The summed E-state index contributed by atoms with van der Waals surface area (Å²) in [6.45, 7) is 0. The van der Waals surface area contributed by atoms with Gasteiger partial charge in [-0.15, -0.1) is 0 Å². The Balaban J connectivity index is 2.80. The zero-order valence-electron chi connectivity index (χ0n) is 6.32. The van der Waals surface area contributed by atoms with E-state index in [4.69, 9.17) is 0 Å². The molecule has 0 aliphatic heterocycles. The van der Waals surface area contributed by atoms with Crippen molar-refractivity contribution in [3.05, 3.63) is 34.4 Å². The number of imidazole rings is 1. The standard InChI is InChI=1S/C7H4FN3O2/c8-6-5(11(12)13)2-1-4-7(6)10-3-9-4/h1-3H,(H,9,10). The number of nitro groups is 1. The second-order valence-electron chi connectivity index (χ2n) is 2.45. The molecule has 0 unspecified atom stereocenters. The second kappa shape index (κ2) is 2.51. The fourth-order valence-electron chi connectivity index (χ4n) is 1.10. The Hall–Kier alpha value is -1.98. The number of benzene rings is 1. The Morgan fingerprint density at radius 1 is 1.54 bits per heavy atom. The molecule has 1 aromatic carbocycles. The fraction of sp³-hybridized carbons (Fsp3) is 0. The lowest BCUT2D eigenvalue weighted by Gasteiger charge is -1.93. The van der Waals surface area contributed by atoms with E-state index >= 15 is 0 Å². The maximum atomic E-state index is 13.2. The predicted molar refractivity (Wildman–Crippen MR) is 42.7 cm³/mol. The Kier molecular flexibility index (Phi) is 1.48. The van der Waals surface area contributed by atoms with Gasteiger partial charge < -0.3 is 4.98 Å². The van der Waals surface area contributed by atoms with E-state index in [9.17, 15) is 14.5 Å². The van der Waals surface area contributed by atoms with Gasteiger partial charge in [-0.05, 0) is 6.07 Å². The second-order valence-corrected chi connectivity index (χ2v) is 2.45. The minimum atomic E-state index is -0.899. The first-order valence-electron chi connectivity index (χ1n) is 3.46. The van der Waals surface area contributed by atoms with Gasteiger partial charge in [0.2, 0.25) is 5.82 Å². The lowest BCUT2D eigenvalue weighted by Crippen LogP contribution is -1.92.